The number of esters is 6. The topological polar surface area (TPSA) is 213 Å². The number of carbonyl (C=O) groups excluding carboxylic acids is 6. The molecule has 0 fully saturated rings. The molecule has 0 radical (unpaired) electrons. The summed E-state index contributed by atoms with van der Waals surface area (Å²) in [5.74, 6) is -100. The number of ether oxygens (including phenoxy) is 12. The minimum atomic E-state index is -2.72. The van der Waals surface area contributed by atoms with E-state index in [1.54, 1.807) is 0 Å². The highest BCUT2D eigenvalue weighted by molar-refractivity contribution is 6.27. The fraction of sp³-hybridized carbons (Fsp3) is 0.444. The van der Waals surface area contributed by atoms with Crippen LogP contribution in [0.3, 0.4) is 0 Å². The SMILES string of the molecule is CCCCCCCCOc1c(F)c(F)c(C(=O)Oc2cc3c4cc(OC(=O)c5c(F)c(F)c(OCCCCCCCC)c(F)c5F)c(OC(=O)c5c(F)c(F)c(OCCCCCCCC)c(F)c5F)cc4c4cc(OC(=O)c5c(F)c(F)c(OCCCCCCCC)c(F)c5F)c(OC(=O)c5c(F)c(F)c(OCCCCCCCC)c(F)c5F)cc4c3cc2OC(=O)c2c(F)c(F)c(OCCCCCCCC)c(F)c2F)c(F)c1F. The second-order valence-electron chi connectivity index (χ2n) is 35.3. The van der Waals surface area contributed by atoms with Crippen molar-refractivity contribution in [2.24, 2.45) is 0 Å². The van der Waals surface area contributed by atoms with Gasteiger partial charge in [0.15, 0.2) is 139 Å². The second-order valence-corrected chi connectivity index (χ2v) is 35.3. The van der Waals surface area contributed by atoms with Crippen molar-refractivity contribution < 1.29 is 191 Å². The van der Waals surface area contributed by atoms with E-state index in [1.165, 1.54) is 0 Å². The summed E-state index contributed by atoms with van der Waals surface area (Å²) >= 11 is 0. The molecule has 18 nitrogen and oxygen atoms in total. The molecule has 0 spiro atoms. The van der Waals surface area contributed by atoms with Gasteiger partial charge in [-0.05, 0) is 107 Å². The molecule has 0 unspecified atom stereocenters. The predicted octanol–water partition coefficient (Wildman–Crippen LogP) is 32.2. The molecule has 0 saturated carbocycles. The van der Waals surface area contributed by atoms with Crippen LogP contribution in [-0.4, -0.2) is 75.5 Å². The molecule has 816 valence electrons. The number of carbonyl (C=O) groups is 6. The lowest BCUT2D eigenvalue weighted by molar-refractivity contribution is 0.0668. The number of fused-ring (bicyclic) bond motifs is 6. The van der Waals surface area contributed by atoms with E-state index in [0.29, 0.717) is 116 Å². The lowest BCUT2D eigenvalue weighted by atomic mass is 9.93. The first-order chi connectivity index (χ1) is 71.8. The molecule has 0 saturated heterocycles. The molecule has 150 heavy (non-hydrogen) atoms. The maximum absolute atomic E-state index is 16.8. The second kappa shape index (κ2) is 56.7. The molecular formula is C108H108F24O18. The Morgan fingerprint density at radius 3 is 0.360 bits per heavy atom. The summed E-state index contributed by atoms with van der Waals surface area (Å²) in [7, 11) is 0. The Kier molecular flexibility index (Phi) is 44.9. The Morgan fingerprint density at radius 1 is 0.153 bits per heavy atom. The van der Waals surface area contributed by atoms with Crippen LogP contribution in [0.1, 0.15) is 335 Å². The Morgan fingerprint density at radius 2 is 0.253 bits per heavy atom. The predicted molar refractivity (Wildman–Crippen MR) is 500 cm³/mol. The molecule has 10 rings (SSSR count). The molecule has 10 aromatic carbocycles. The van der Waals surface area contributed by atoms with Gasteiger partial charge in [0.1, 0.15) is 33.4 Å². The normalized spacial score (nSPS) is 11.5. The number of hydrogen-bond donors (Lipinski definition) is 0. The zero-order chi connectivity index (χ0) is 110. The highest BCUT2D eigenvalue weighted by atomic mass is 19.2. The van der Waals surface area contributed by atoms with Gasteiger partial charge in [0, 0.05) is 0 Å². The summed E-state index contributed by atoms with van der Waals surface area (Å²) in [6.07, 6.45) is 18.2. The first-order valence-corrected chi connectivity index (χ1v) is 49.6. The van der Waals surface area contributed by atoms with Crippen LogP contribution in [0, 0.1) is 140 Å². The summed E-state index contributed by atoms with van der Waals surface area (Å²) in [5, 5.41) is -7.08. The molecule has 0 aliphatic heterocycles. The number of benzene rings is 10. The van der Waals surface area contributed by atoms with Crippen LogP contribution in [0.2, 0.25) is 0 Å². The summed E-state index contributed by atoms with van der Waals surface area (Å²) in [6, 6.07) is 0.777. The number of halogens is 24. The highest BCUT2D eigenvalue weighted by Crippen LogP contribution is 2.51. The van der Waals surface area contributed by atoms with Crippen LogP contribution >= 0.6 is 0 Å². The zero-order valence-electron chi connectivity index (χ0n) is 82.6. The standard InChI is InChI=1S/C108H108F24O18/c1-7-13-19-25-31-37-43-139-97-85(121)73(109)67(74(110)86(97)122)103(133)145-61-49-55-56(50-62(61)146-104(134)68-75(111)87(123)98(88(124)76(68)112)140-44-38-32-26-20-14-8-2)58-52-64(148-106(136)70-79(115)91(127)100(92(128)80(70)116)142-46-40-34-28-22-16-10-4)66(150-108(138)72-83(119)95(131)102(96(132)84(72)120)144-48-42-36-30-24-18-12-6)54-60(58)59-53-65(149-107(137)71-81(117)93(129)101(94(130)82(71)118)143-47-41-35-29-23-17-11-5)63(51-57(55)59)147-105(135)69-77(113)89(125)99(90(126)78(69)114)141-45-39-33-27-21-15-9-3/h49-54H,7-48H2,1-6H3. The number of unbranched alkanes of at least 4 members (excludes halogenated alkanes) is 30. The smallest absolute Gasteiger partial charge is 0.349 e. The van der Waals surface area contributed by atoms with Crippen molar-refractivity contribution in [1.82, 2.24) is 0 Å². The summed E-state index contributed by atoms with van der Waals surface area (Å²) in [5.41, 5.74) is -14.6. The average molecular weight is 2150 g/mol. The molecule has 10 aromatic rings. The molecule has 0 aromatic heterocycles. The third-order valence-electron chi connectivity index (χ3n) is 24.4. The van der Waals surface area contributed by atoms with E-state index < -0.39 is 350 Å². The van der Waals surface area contributed by atoms with Gasteiger partial charge in [0.25, 0.3) is 0 Å². The molecule has 0 aliphatic carbocycles. The number of rotatable bonds is 60. The van der Waals surface area contributed by atoms with Gasteiger partial charge in [-0.1, -0.05) is 234 Å². The van der Waals surface area contributed by atoms with Gasteiger partial charge in [0.05, 0.1) is 39.6 Å². The Hall–Kier alpha value is -13.1. The van der Waals surface area contributed by atoms with E-state index in [-0.39, 0.29) is 74.9 Å². The largest absolute Gasteiger partial charge is 0.487 e. The third kappa shape index (κ3) is 28.2. The van der Waals surface area contributed by atoms with Crippen LogP contribution in [0.4, 0.5) is 105 Å². The third-order valence-corrected chi connectivity index (χ3v) is 24.4. The van der Waals surface area contributed by atoms with Crippen molar-refractivity contribution in [2.45, 2.75) is 273 Å². The van der Waals surface area contributed by atoms with Crippen molar-refractivity contribution in [2.75, 3.05) is 39.6 Å². The van der Waals surface area contributed by atoms with Gasteiger partial charge in [-0.2, -0.15) is 52.7 Å². The van der Waals surface area contributed by atoms with Crippen LogP contribution in [0.15, 0.2) is 36.4 Å². The average Bonchev–Trinajstić information content (AvgIpc) is 0.716. The summed E-state index contributed by atoms with van der Waals surface area (Å²) in [6.45, 7) is 7.38. The van der Waals surface area contributed by atoms with Crippen LogP contribution < -0.4 is 56.8 Å². The van der Waals surface area contributed by atoms with Crippen molar-refractivity contribution in [3.05, 3.63) is 209 Å². The van der Waals surface area contributed by atoms with Crippen molar-refractivity contribution in [3.8, 4) is 69.0 Å². The van der Waals surface area contributed by atoms with Crippen LogP contribution in [0.25, 0.3) is 32.3 Å². The Labute approximate surface area is 846 Å². The molecule has 0 heterocycles. The fourth-order valence-electron chi connectivity index (χ4n) is 16.2. The van der Waals surface area contributed by atoms with E-state index in [4.69, 9.17) is 56.8 Å². The fourth-order valence-corrected chi connectivity index (χ4v) is 16.2. The lowest BCUT2D eigenvalue weighted by Gasteiger charge is -2.20. The van der Waals surface area contributed by atoms with Crippen LogP contribution in [-0.2, 0) is 0 Å². The van der Waals surface area contributed by atoms with Gasteiger partial charge < -0.3 is 56.8 Å². The molecule has 0 atom stereocenters. The van der Waals surface area contributed by atoms with E-state index in [2.05, 4.69) is 0 Å². The van der Waals surface area contributed by atoms with Gasteiger partial charge in [-0.15, -0.1) is 0 Å². The van der Waals surface area contributed by atoms with Crippen molar-refractivity contribution in [3.63, 3.8) is 0 Å². The Balaban J connectivity index is 1.33. The van der Waals surface area contributed by atoms with Crippen molar-refractivity contribution in [1.29, 1.82) is 0 Å². The maximum atomic E-state index is 16.8. The summed E-state index contributed by atoms with van der Waals surface area (Å²) in [4.78, 5) is 88.9. The minimum absolute atomic E-state index is 0.0121. The van der Waals surface area contributed by atoms with E-state index in [0.717, 1.165) is 77.0 Å². The van der Waals surface area contributed by atoms with Gasteiger partial charge >= 0.3 is 35.8 Å². The minimum Gasteiger partial charge on any atom is -0.487 e. The van der Waals surface area contributed by atoms with Crippen LogP contribution in [0.5, 0.6) is 69.0 Å². The monoisotopic (exact) mass is 2150 g/mol. The lowest BCUT2D eigenvalue weighted by Crippen LogP contribution is -2.20. The van der Waals surface area contributed by atoms with Gasteiger partial charge in [0.2, 0.25) is 69.8 Å². The highest BCUT2D eigenvalue weighted by Gasteiger charge is 2.42. The van der Waals surface area contributed by atoms with Gasteiger partial charge in [-0.3, -0.25) is 0 Å². The summed E-state index contributed by atoms with van der Waals surface area (Å²) < 4.78 is 460. The Bertz CT molecular complexity index is 5360. The molecule has 0 amide bonds. The molecule has 0 aliphatic rings. The van der Waals surface area contributed by atoms with Gasteiger partial charge in [-0.25, -0.2) is 81.5 Å². The first-order valence-electron chi connectivity index (χ1n) is 49.6. The van der Waals surface area contributed by atoms with Crippen molar-refractivity contribution >= 4 is 68.1 Å². The quantitative estimate of drug-likeness (QED) is 0.00865. The number of hydrogen-bond acceptors (Lipinski definition) is 18. The maximum Gasteiger partial charge on any atom is 0.349 e. The van der Waals surface area contributed by atoms with E-state index in [1.807, 2.05) is 41.5 Å². The molecule has 0 bridgehead atoms. The zero-order valence-corrected chi connectivity index (χ0v) is 82.6. The first kappa shape index (κ1) is 119. The molecular weight excluding hydrogens is 2040 g/mol. The molecule has 42 heteroatoms. The van der Waals surface area contributed by atoms with E-state index >= 15 is 105 Å². The van der Waals surface area contributed by atoms with E-state index in [9.17, 15) is 28.8 Å². The molecule has 0 N–H and O–H groups in total.